The van der Waals surface area contributed by atoms with Crippen LogP contribution in [0.4, 0.5) is 4.39 Å². The van der Waals surface area contributed by atoms with Crippen molar-refractivity contribution in [3.05, 3.63) is 59.4 Å². The molecule has 4 heteroatoms. The molecule has 3 nitrogen and oxygen atoms in total. The summed E-state index contributed by atoms with van der Waals surface area (Å²) in [6.07, 6.45) is 1.43. The molecule has 0 aliphatic carbocycles. The molecule has 0 bridgehead atoms. The van der Waals surface area contributed by atoms with Crippen molar-refractivity contribution >= 4 is 0 Å². The largest absolute Gasteiger partial charge is 0.489 e. The lowest BCUT2D eigenvalue weighted by Crippen LogP contribution is -2.22. The Morgan fingerprint density at radius 1 is 1.24 bits per heavy atom. The van der Waals surface area contributed by atoms with E-state index in [0.717, 1.165) is 17.7 Å². The van der Waals surface area contributed by atoms with Crippen molar-refractivity contribution in [2.75, 3.05) is 13.2 Å². The standard InChI is InChI=1S/C17H18FNO2/c18-14-5-6-16(13(9-14)7-8-19)20-11-15-10-12-3-1-2-4-17(12)21-15/h1-6,9,15H,7-8,10-11,19H2. The summed E-state index contributed by atoms with van der Waals surface area (Å²) in [6.45, 7) is 0.906. The summed E-state index contributed by atoms with van der Waals surface area (Å²) < 4.78 is 24.9. The van der Waals surface area contributed by atoms with Crippen LogP contribution >= 0.6 is 0 Å². The van der Waals surface area contributed by atoms with Crippen molar-refractivity contribution in [2.45, 2.75) is 18.9 Å². The first kappa shape index (κ1) is 13.9. The Morgan fingerprint density at radius 2 is 2.10 bits per heavy atom. The molecule has 1 aliphatic rings. The predicted molar refractivity (Wildman–Crippen MR) is 79.2 cm³/mol. The number of halogens is 1. The van der Waals surface area contributed by atoms with Gasteiger partial charge in [0.2, 0.25) is 0 Å². The number of rotatable bonds is 5. The molecular formula is C17H18FNO2. The van der Waals surface area contributed by atoms with Gasteiger partial charge >= 0.3 is 0 Å². The van der Waals surface area contributed by atoms with Crippen LogP contribution in [-0.4, -0.2) is 19.3 Å². The zero-order valence-corrected chi connectivity index (χ0v) is 11.7. The summed E-state index contributed by atoms with van der Waals surface area (Å²) in [7, 11) is 0. The third kappa shape index (κ3) is 3.16. The molecule has 0 spiro atoms. The van der Waals surface area contributed by atoms with Gasteiger partial charge in [0.25, 0.3) is 0 Å². The van der Waals surface area contributed by atoms with Gasteiger partial charge in [-0.1, -0.05) is 18.2 Å². The Kier molecular flexibility index (Phi) is 4.06. The van der Waals surface area contributed by atoms with Crippen molar-refractivity contribution < 1.29 is 13.9 Å². The molecule has 2 aromatic rings. The first-order valence-electron chi connectivity index (χ1n) is 7.12. The molecule has 1 heterocycles. The fraction of sp³-hybridized carbons (Fsp3) is 0.294. The lowest BCUT2D eigenvalue weighted by Gasteiger charge is -2.15. The van der Waals surface area contributed by atoms with Gasteiger partial charge in [-0.15, -0.1) is 0 Å². The average Bonchev–Trinajstić information content (AvgIpc) is 2.89. The van der Waals surface area contributed by atoms with Gasteiger partial charge in [0.05, 0.1) is 0 Å². The van der Waals surface area contributed by atoms with Gasteiger partial charge in [0.1, 0.15) is 30.0 Å². The molecule has 1 aliphatic heterocycles. The van der Waals surface area contributed by atoms with E-state index in [1.165, 1.54) is 17.7 Å². The van der Waals surface area contributed by atoms with Gasteiger partial charge in [-0.05, 0) is 48.4 Å². The maximum Gasteiger partial charge on any atom is 0.137 e. The van der Waals surface area contributed by atoms with E-state index in [9.17, 15) is 4.39 Å². The van der Waals surface area contributed by atoms with Crippen LogP contribution in [0.5, 0.6) is 11.5 Å². The average molecular weight is 287 g/mol. The highest BCUT2D eigenvalue weighted by Gasteiger charge is 2.23. The summed E-state index contributed by atoms with van der Waals surface area (Å²) in [6, 6.07) is 12.5. The number of nitrogens with two attached hydrogens (primary N) is 1. The van der Waals surface area contributed by atoms with Crippen LogP contribution in [0.25, 0.3) is 0 Å². The van der Waals surface area contributed by atoms with Crippen LogP contribution in [0.1, 0.15) is 11.1 Å². The Morgan fingerprint density at radius 3 is 2.90 bits per heavy atom. The number of para-hydroxylation sites is 1. The minimum Gasteiger partial charge on any atom is -0.489 e. The number of benzene rings is 2. The van der Waals surface area contributed by atoms with E-state index in [0.29, 0.717) is 25.3 Å². The van der Waals surface area contributed by atoms with Crippen molar-refractivity contribution in [3.8, 4) is 11.5 Å². The van der Waals surface area contributed by atoms with E-state index >= 15 is 0 Å². The molecule has 1 unspecified atom stereocenters. The van der Waals surface area contributed by atoms with Crippen LogP contribution in [0.2, 0.25) is 0 Å². The van der Waals surface area contributed by atoms with Crippen LogP contribution in [0.3, 0.4) is 0 Å². The molecule has 2 N–H and O–H groups in total. The summed E-state index contributed by atoms with van der Waals surface area (Å²) in [5.74, 6) is 1.34. The smallest absolute Gasteiger partial charge is 0.137 e. The minimum atomic E-state index is -0.268. The van der Waals surface area contributed by atoms with E-state index in [4.69, 9.17) is 15.2 Å². The molecule has 0 radical (unpaired) electrons. The highest BCUT2D eigenvalue weighted by Crippen LogP contribution is 2.29. The van der Waals surface area contributed by atoms with Crippen LogP contribution < -0.4 is 15.2 Å². The second-order valence-corrected chi connectivity index (χ2v) is 5.15. The molecule has 0 saturated carbocycles. The summed E-state index contributed by atoms with van der Waals surface area (Å²) >= 11 is 0. The maximum absolute atomic E-state index is 13.3. The lowest BCUT2D eigenvalue weighted by molar-refractivity contribution is 0.147. The van der Waals surface area contributed by atoms with Crippen molar-refractivity contribution in [3.63, 3.8) is 0 Å². The Hall–Kier alpha value is -2.07. The van der Waals surface area contributed by atoms with E-state index in [2.05, 4.69) is 6.07 Å². The van der Waals surface area contributed by atoms with E-state index in [1.807, 2.05) is 18.2 Å². The Bertz CT molecular complexity index is 605. The molecule has 110 valence electrons. The van der Waals surface area contributed by atoms with Gasteiger partial charge in [-0.2, -0.15) is 0 Å². The second kappa shape index (κ2) is 6.14. The van der Waals surface area contributed by atoms with Crippen molar-refractivity contribution in [2.24, 2.45) is 5.73 Å². The third-order valence-corrected chi connectivity index (χ3v) is 3.57. The fourth-order valence-electron chi connectivity index (χ4n) is 2.57. The Labute approximate surface area is 123 Å². The monoisotopic (exact) mass is 287 g/mol. The van der Waals surface area contributed by atoms with Crippen molar-refractivity contribution in [1.82, 2.24) is 0 Å². The van der Waals surface area contributed by atoms with Gasteiger partial charge in [0, 0.05) is 6.42 Å². The third-order valence-electron chi connectivity index (χ3n) is 3.57. The van der Waals surface area contributed by atoms with E-state index in [1.54, 1.807) is 6.07 Å². The number of hydrogen-bond acceptors (Lipinski definition) is 3. The topological polar surface area (TPSA) is 44.5 Å². The fourth-order valence-corrected chi connectivity index (χ4v) is 2.57. The summed E-state index contributed by atoms with van der Waals surface area (Å²) in [5, 5.41) is 0. The highest BCUT2D eigenvalue weighted by atomic mass is 19.1. The zero-order valence-electron chi connectivity index (χ0n) is 11.7. The zero-order chi connectivity index (χ0) is 14.7. The van der Waals surface area contributed by atoms with Crippen LogP contribution in [0, 0.1) is 5.82 Å². The van der Waals surface area contributed by atoms with Crippen LogP contribution in [0.15, 0.2) is 42.5 Å². The molecule has 2 aromatic carbocycles. The van der Waals surface area contributed by atoms with E-state index < -0.39 is 0 Å². The number of fused-ring (bicyclic) bond motifs is 1. The second-order valence-electron chi connectivity index (χ2n) is 5.15. The summed E-state index contributed by atoms with van der Waals surface area (Å²) in [4.78, 5) is 0. The van der Waals surface area contributed by atoms with Crippen molar-refractivity contribution in [1.29, 1.82) is 0 Å². The molecule has 21 heavy (non-hydrogen) atoms. The lowest BCUT2D eigenvalue weighted by atomic mass is 10.1. The minimum absolute atomic E-state index is 0.00169. The maximum atomic E-state index is 13.3. The SMILES string of the molecule is NCCc1cc(F)ccc1OCC1Cc2ccccc2O1. The quantitative estimate of drug-likeness (QED) is 0.919. The van der Waals surface area contributed by atoms with Gasteiger partial charge < -0.3 is 15.2 Å². The number of ether oxygens (including phenoxy) is 2. The van der Waals surface area contributed by atoms with Crippen LogP contribution in [-0.2, 0) is 12.8 Å². The molecular weight excluding hydrogens is 269 g/mol. The van der Waals surface area contributed by atoms with Gasteiger partial charge in [-0.25, -0.2) is 4.39 Å². The molecule has 3 rings (SSSR count). The summed E-state index contributed by atoms with van der Waals surface area (Å²) in [5.41, 5.74) is 7.55. The van der Waals surface area contributed by atoms with Gasteiger partial charge in [0.15, 0.2) is 0 Å². The van der Waals surface area contributed by atoms with E-state index in [-0.39, 0.29) is 11.9 Å². The molecule has 0 saturated heterocycles. The number of hydrogen-bond donors (Lipinski definition) is 1. The Balaban J connectivity index is 1.64. The highest BCUT2D eigenvalue weighted by molar-refractivity contribution is 5.38. The normalized spacial score (nSPS) is 16.4. The first-order chi connectivity index (χ1) is 10.3. The predicted octanol–water partition coefficient (Wildman–Crippen LogP) is 2.71. The molecule has 0 fully saturated rings. The molecule has 0 amide bonds. The molecule has 0 aromatic heterocycles. The molecule has 1 atom stereocenters. The first-order valence-corrected chi connectivity index (χ1v) is 7.12. The van der Waals surface area contributed by atoms with Gasteiger partial charge in [-0.3, -0.25) is 0 Å².